The maximum atomic E-state index is 12.0. The first kappa shape index (κ1) is 12.3. The Morgan fingerprint density at radius 1 is 1.40 bits per heavy atom. The molecule has 0 saturated carbocycles. The van der Waals surface area contributed by atoms with Gasteiger partial charge in [0.2, 0.25) is 0 Å². The summed E-state index contributed by atoms with van der Waals surface area (Å²) in [4.78, 5) is 25.4. The Bertz CT molecular complexity index is 669. The minimum absolute atomic E-state index is 0.00565. The second kappa shape index (κ2) is 4.03. The molecule has 3 heterocycles. The van der Waals surface area contributed by atoms with E-state index in [4.69, 9.17) is 15.6 Å². The molecule has 4 atom stereocenters. The van der Waals surface area contributed by atoms with Crippen molar-refractivity contribution in [2.24, 2.45) is 0 Å². The van der Waals surface area contributed by atoms with E-state index in [1.54, 1.807) is 20.8 Å². The highest BCUT2D eigenvalue weighted by Crippen LogP contribution is 2.50. The molecule has 0 spiro atoms. The van der Waals surface area contributed by atoms with Gasteiger partial charge in [-0.2, -0.15) is 0 Å². The van der Waals surface area contributed by atoms with E-state index in [0.717, 1.165) is 0 Å². The quantitative estimate of drug-likeness (QED) is 0.805. The number of nitrogens with one attached hydrogen (secondary N) is 1. The Labute approximate surface area is 116 Å². The number of hydrogen-bond acceptors (Lipinski definition) is 5. The second-order valence-corrected chi connectivity index (χ2v) is 5.77. The standard InChI is InChI=1S/C13H18N2O5/c1-7-9-13(4,20-12(2,3)19-9)10(18-7)15-6-5-8(16)14-11(15)17/h5-7,9-10H,1-4H3,(H,14,16,17)/t7-,9-,10-,13-/m1/s1/i1D. The van der Waals surface area contributed by atoms with E-state index in [-0.39, 0.29) is 6.90 Å². The van der Waals surface area contributed by atoms with Gasteiger partial charge in [0.1, 0.15) is 11.7 Å². The maximum Gasteiger partial charge on any atom is 0.330 e. The molecule has 20 heavy (non-hydrogen) atoms. The fourth-order valence-electron chi connectivity index (χ4n) is 3.00. The lowest BCUT2D eigenvalue weighted by Crippen LogP contribution is -2.45. The van der Waals surface area contributed by atoms with Crippen LogP contribution in [0.4, 0.5) is 0 Å². The smallest absolute Gasteiger partial charge is 0.330 e. The molecule has 0 aliphatic carbocycles. The molecule has 1 aromatic heterocycles. The molecule has 1 aromatic rings. The van der Waals surface area contributed by atoms with E-state index >= 15 is 0 Å². The van der Waals surface area contributed by atoms with E-state index in [0.29, 0.717) is 0 Å². The summed E-state index contributed by atoms with van der Waals surface area (Å²) in [5.41, 5.74) is -1.96. The summed E-state index contributed by atoms with van der Waals surface area (Å²) in [6.45, 7) is 5.35. The number of rotatable bonds is 1. The Morgan fingerprint density at radius 3 is 2.80 bits per heavy atom. The zero-order valence-corrected chi connectivity index (χ0v) is 11.6. The molecule has 2 aliphatic rings. The second-order valence-electron chi connectivity index (χ2n) is 5.77. The number of fused-ring (bicyclic) bond motifs is 1. The summed E-state index contributed by atoms with van der Waals surface area (Å²) in [6.07, 6.45) is -0.340. The minimum atomic E-state index is -0.905. The first-order valence-electron chi connectivity index (χ1n) is 7.12. The Morgan fingerprint density at radius 2 is 2.15 bits per heavy atom. The number of aromatic nitrogens is 2. The number of aromatic amines is 1. The average molecular weight is 283 g/mol. The number of ether oxygens (including phenoxy) is 3. The maximum absolute atomic E-state index is 12.0. The van der Waals surface area contributed by atoms with Crippen molar-refractivity contribution >= 4 is 0 Å². The molecule has 2 saturated heterocycles. The summed E-state index contributed by atoms with van der Waals surface area (Å²) < 4.78 is 26.5. The van der Waals surface area contributed by atoms with Crippen LogP contribution in [-0.2, 0) is 14.2 Å². The van der Waals surface area contributed by atoms with Crippen LogP contribution in [0.2, 0.25) is 0 Å². The molecule has 2 fully saturated rings. The molecular weight excluding hydrogens is 264 g/mol. The van der Waals surface area contributed by atoms with Gasteiger partial charge in [0.05, 0.1) is 6.10 Å². The van der Waals surface area contributed by atoms with Crippen molar-refractivity contribution in [1.82, 2.24) is 9.55 Å². The van der Waals surface area contributed by atoms with Crippen molar-refractivity contribution in [2.45, 2.75) is 57.5 Å². The Balaban J connectivity index is 2.07. The van der Waals surface area contributed by atoms with Gasteiger partial charge < -0.3 is 14.2 Å². The van der Waals surface area contributed by atoms with Gasteiger partial charge in [-0.1, -0.05) is 0 Å². The highest BCUT2D eigenvalue weighted by molar-refractivity contribution is 5.05. The highest BCUT2D eigenvalue weighted by Gasteiger charge is 2.63. The largest absolute Gasteiger partial charge is 0.349 e. The highest BCUT2D eigenvalue weighted by atomic mass is 16.8. The van der Waals surface area contributed by atoms with Gasteiger partial charge in [-0.15, -0.1) is 0 Å². The normalized spacial score (nSPS) is 39.5. The third-order valence-electron chi connectivity index (χ3n) is 3.68. The molecular formula is C13H18N2O5. The summed E-state index contributed by atoms with van der Waals surface area (Å²) >= 11 is 0. The van der Waals surface area contributed by atoms with Gasteiger partial charge in [-0.25, -0.2) is 4.79 Å². The molecule has 7 heteroatoms. The molecule has 0 aromatic carbocycles. The fraction of sp³-hybridized carbons (Fsp3) is 0.692. The van der Waals surface area contributed by atoms with Gasteiger partial charge in [-0.05, 0) is 27.7 Å². The van der Waals surface area contributed by atoms with Crippen LogP contribution in [0.15, 0.2) is 21.9 Å². The van der Waals surface area contributed by atoms with Crippen molar-refractivity contribution in [1.29, 1.82) is 0 Å². The van der Waals surface area contributed by atoms with Crippen molar-refractivity contribution < 1.29 is 15.6 Å². The van der Waals surface area contributed by atoms with Crippen LogP contribution in [0.1, 0.15) is 35.3 Å². The first-order valence-corrected chi connectivity index (χ1v) is 6.41. The third-order valence-corrected chi connectivity index (χ3v) is 3.68. The van der Waals surface area contributed by atoms with Crippen LogP contribution in [0.5, 0.6) is 0 Å². The zero-order chi connectivity index (χ0) is 15.4. The SMILES string of the molecule is [2H]C[C@H]1O[C@@H](n2ccc(=O)[nH]c2=O)[C@]2(C)OC(C)(C)O[C@H]12. The van der Waals surface area contributed by atoms with E-state index < -0.39 is 41.1 Å². The topological polar surface area (TPSA) is 82.6 Å². The summed E-state index contributed by atoms with van der Waals surface area (Å²) in [5.74, 6) is -0.819. The number of nitrogens with zero attached hydrogens (tertiary/aromatic N) is 1. The minimum Gasteiger partial charge on any atom is -0.349 e. The molecule has 0 bridgehead atoms. The third kappa shape index (κ3) is 1.85. The number of H-pyrrole nitrogens is 1. The van der Waals surface area contributed by atoms with Gasteiger partial charge in [0.15, 0.2) is 12.0 Å². The molecule has 1 N–H and O–H groups in total. The van der Waals surface area contributed by atoms with Gasteiger partial charge in [0, 0.05) is 13.6 Å². The summed E-state index contributed by atoms with van der Waals surface area (Å²) in [7, 11) is 0. The molecule has 0 amide bonds. The van der Waals surface area contributed by atoms with Crippen LogP contribution in [0, 0.1) is 0 Å². The average Bonchev–Trinajstić information content (AvgIpc) is 2.76. The summed E-state index contributed by atoms with van der Waals surface area (Å²) in [5, 5.41) is 0. The molecule has 0 unspecified atom stereocenters. The predicted octanol–water partition coefficient (Wildman–Crippen LogP) is 0.364. The summed E-state index contributed by atoms with van der Waals surface area (Å²) in [6, 6.07) is 1.25. The molecule has 110 valence electrons. The molecule has 7 nitrogen and oxygen atoms in total. The Kier molecular flexibility index (Phi) is 2.48. The van der Waals surface area contributed by atoms with Gasteiger partial charge in [0.25, 0.3) is 5.56 Å². The van der Waals surface area contributed by atoms with Crippen LogP contribution >= 0.6 is 0 Å². The van der Waals surface area contributed by atoms with E-state index in [2.05, 4.69) is 4.98 Å². The molecule has 0 radical (unpaired) electrons. The van der Waals surface area contributed by atoms with E-state index in [9.17, 15) is 9.59 Å². The Hall–Kier alpha value is -1.44. The lowest BCUT2D eigenvalue weighted by atomic mass is 9.97. The van der Waals surface area contributed by atoms with Crippen LogP contribution in [0.25, 0.3) is 0 Å². The van der Waals surface area contributed by atoms with E-state index in [1.807, 2.05) is 0 Å². The number of hydrogen-bond donors (Lipinski definition) is 1. The van der Waals surface area contributed by atoms with Crippen molar-refractivity contribution in [3.05, 3.63) is 33.1 Å². The zero-order valence-electron chi connectivity index (χ0n) is 12.6. The monoisotopic (exact) mass is 283 g/mol. The lowest BCUT2D eigenvalue weighted by Gasteiger charge is -2.30. The van der Waals surface area contributed by atoms with Gasteiger partial charge in [-0.3, -0.25) is 14.3 Å². The van der Waals surface area contributed by atoms with Crippen molar-refractivity contribution in [3.63, 3.8) is 0 Å². The van der Waals surface area contributed by atoms with Crippen LogP contribution < -0.4 is 11.2 Å². The predicted molar refractivity (Wildman–Crippen MR) is 69.3 cm³/mol. The van der Waals surface area contributed by atoms with Crippen molar-refractivity contribution in [2.75, 3.05) is 0 Å². The van der Waals surface area contributed by atoms with Crippen molar-refractivity contribution in [3.8, 4) is 0 Å². The van der Waals surface area contributed by atoms with Crippen LogP contribution in [0.3, 0.4) is 0 Å². The lowest BCUT2D eigenvalue weighted by molar-refractivity contribution is -0.214. The fourth-order valence-corrected chi connectivity index (χ4v) is 3.00. The molecule has 3 rings (SSSR count). The molecule has 2 aliphatic heterocycles. The van der Waals surface area contributed by atoms with Crippen LogP contribution in [-0.4, -0.2) is 33.1 Å². The van der Waals surface area contributed by atoms with E-state index in [1.165, 1.54) is 16.8 Å². The first-order chi connectivity index (χ1) is 9.77. The van der Waals surface area contributed by atoms with Gasteiger partial charge >= 0.3 is 5.69 Å².